The Bertz CT molecular complexity index is 568. The molecule has 2 rings (SSSR count). The van der Waals surface area contributed by atoms with Crippen LogP contribution in [0.15, 0.2) is 65.8 Å². The minimum Gasteiger partial charge on any atom is -0.433 e. The highest BCUT2D eigenvalue weighted by Crippen LogP contribution is 2.11. The zero-order chi connectivity index (χ0) is 13.5. The van der Waals surface area contributed by atoms with Crippen LogP contribution in [0.2, 0.25) is 0 Å². The molecule has 0 saturated carbocycles. The van der Waals surface area contributed by atoms with Crippen LogP contribution in [-0.4, -0.2) is 11.8 Å². The lowest BCUT2D eigenvalue weighted by atomic mass is 10.3. The van der Waals surface area contributed by atoms with Gasteiger partial charge in [0.15, 0.2) is 5.75 Å². The second kappa shape index (κ2) is 6.20. The van der Waals surface area contributed by atoms with Gasteiger partial charge in [-0.05, 0) is 29.4 Å². The third kappa shape index (κ3) is 3.85. The zero-order valence-electron chi connectivity index (χ0n) is 10.0. The van der Waals surface area contributed by atoms with Crippen molar-refractivity contribution in [1.29, 1.82) is 0 Å². The van der Waals surface area contributed by atoms with Crippen LogP contribution in [0, 0.1) is 0 Å². The molecule has 19 heavy (non-hydrogen) atoms. The van der Waals surface area contributed by atoms with Gasteiger partial charge in [-0.15, -0.1) is 0 Å². The molecular weight excluding hydrogens is 244 g/mol. The largest absolute Gasteiger partial charge is 0.433 e. The van der Waals surface area contributed by atoms with Crippen molar-refractivity contribution in [2.75, 3.05) is 0 Å². The van der Waals surface area contributed by atoms with Gasteiger partial charge < -0.3 is 15.3 Å². The molecule has 0 spiro atoms. The first kappa shape index (κ1) is 12.6. The highest BCUT2D eigenvalue weighted by atomic mass is 16.7. The molecule has 0 saturated heterocycles. The van der Waals surface area contributed by atoms with E-state index in [4.69, 9.17) is 15.3 Å². The number of benzene rings is 2. The Morgan fingerprint density at radius 1 is 0.895 bits per heavy atom. The summed E-state index contributed by atoms with van der Waals surface area (Å²) in [6.07, 6.45) is 0. The van der Waals surface area contributed by atoms with Crippen LogP contribution >= 0.6 is 0 Å². The average molecular weight is 256 g/mol. The van der Waals surface area contributed by atoms with E-state index in [0.29, 0.717) is 11.5 Å². The van der Waals surface area contributed by atoms with Crippen molar-refractivity contribution >= 4 is 11.8 Å². The third-order valence-electron chi connectivity index (χ3n) is 2.15. The minimum atomic E-state index is -0.806. The Morgan fingerprint density at radius 3 is 1.95 bits per heavy atom. The minimum absolute atomic E-state index is 0.310. The maximum Gasteiger partial charge on any atom is 0.322 e. The second-order valence-corrected chi connectivity index (χ2v) is 3.58. The summed E-state index contributed by atoms with van der Waals surface area (Å²) in [6, 6.07) is 17.5. The van der Waals surface area contributed by atoms with Crippen molar-refractivity contribution in [3.8, 4) is 11.5 Å². The Morgan fingerprint density at radius 2 is 1.42 bits per heavy atom. The van der Waals surface area contributed by atoms with Gasteiger partial charge in [0.2, 0.25) is 0 Å². The van der Waals surface area contributed by atoms with Crippen molar-refractivity contribution in [3.63, 3.8) is 0 Å². The number of hydrogen-bond acceptors (Lipinski definition) is 4. The molecule has 0 aliphatic heterocycles. The molecule has 0 aliphatic carbocycles. The summed E-state index contributed by atoms with van der Waals surface area (Å²) in [4.78, 5) is 16.3. The summed E-state index contributed by atoms with van der Waals surface area (Å²) in [5.41, 5.74) is 5.17. The van der Waals surface area contributed by atoms with Crippen molar-refractivity contribution in [1.82, 2.24) is 0 Å². The van der Waals surface area contributed by atoms with Crippen molar-refractivity contribution in [3.05, 3.63) is 60.7 Å². The maximum absolute atomic E-state index is 11.2. The summed E-state index contributed by atoms with van der Waals surface area (Å²) in [5.74, 6) is -0.176. The van der Waals surface area contributed by atoms with Gasteiger partial charge in [0.05, 0.1) is 0 Å². The van der Waals surface area contributed by atoms with Gasteiger partial charge in [-0.1, -0.05) is 36.4 Å². The smallest absolute Gasteiger partial charge is 0.322 e. The zero-order valence-corrected chi connectivity index (χ0v) is 10.0. The van der Waals surface area contributed by atoms with Crippen molar-refractivity contribution < 1.29 is 14.4 Å². The Labute approximate surface area is 110 Å². The molecule has 0 fully saturated rings. The van der Waals surface area contributed by atoms with E-state index in [0.717, 1.165) is 0 Å². The first-order valence-corrected chi connectivity index (χ1v) is 5.58. The molecule has 5 nitrogen and oxygen atoms in total. The van der Waals surface area contributed by atoms with E-state index in [2.05, 4.69) is 5.16 Å². The summed E-state index contributed by atoms with van der Waals surface area (Å²) in [6.45, 7) is 0. The highest BCUT2D eigenvalue weighted by molar-refractivity contribution is 6.35. The Balaban J connectivity index is 2.10. The lowest BCUT2D eigenvalue weighted by Gasteiger charge is -2.05. The Hall–Kier alpha value is -2.82. The van der Waals surface area contributed by atoms with Crippen LogP contribution in [0.1, 0.15) is 0 Å². The summed E-state index contributed by atoms with van der Waals surface area (Å²) in [7, 11) is 0. The number of carbonyl (C=O) groups is 1. The topological polar surface area (TPSA) is 73.9 Å². The number of oxime groups is 1. The summed E-state index contributed by atoms with van der Waals surface area (Å²) in [5, 5.41) is 3.61. The average Bonchev–Trinajstić information content (AvgIpc) is 2.45. The number of rotatable bonds is 3. The molecule has 0 atom stereocenters. The first-order valence-electron chi connectivity index (χ1n) is 5.58. The fourth-order valence-electron chi connectivity index (χ4n) is 1.29. The lowest BCUT2D eigenvalue weighted by Crippen LogP contribution is -2.29. The van der Waals surface area contributed by atoms with E-state index in [1.807, 2.05) is 12.1 Å². The third-order valence-corrected chi connectivity index (χ3v) is 2.15. The van der Waals surface area contributed by atoms with Gasteiger partial charge in [-0.2, -0.15) is 0 Å². The van der Waals surface area contributed by atoms with Crippen LogP contribution in [0.5, 0.6) is 11.5 Å². The monoisotopic (exact) mass is 256 g/mol. The van der Waals surface area contributed by atoms with Crippen LogP contribution in [0.25, 0.3) is 0 Å². The number of ether oxygens (including phenoxy) is 1. The number of nitrogens with zero attached hydrogens (tertiary/aromatic N) is 1. The number of amides is 1. The number of carbonyl (C=O) groups excluding carboxylic acids is 1. The summed E-state index contributed by atoms with van der Waals surface area (Å²) < 4.78 is 5.25. The van der Waals surface area contributed by atoms with E-state index in [9.17, 15) is 4.79 Å². The standard InChI is InChI=1S/C14H12N2O3/c15-13(17)14(18-11-7-3-1-4-8-11)16-19-12-9-5-2-6-10-12/h1-10H,(H2,15,17). The van der Waals surface area contributed by atoms with Gasteiger partial charge in [0, 0.05) is 0 Å². The number of nitrogens with two attached hydrogens (primary N) is 1. The van der Waals surface area contributed by atoms with E-state index in [-0.39, 0.29) is 5.90 Å². The molecular formula is C14H12N2O3. The van der Waals surface area contributed by atoms with Crippen molar-refractivity contribution in [2.45, 2.75) is 0 Å². The van der Waals surface area contributed by atoms with Crippen LogP contribution in [-0.2, 0) is 4.79 Å². The van der Waals surface area contributed by atoms with Gasteiger partial charge in [0.1, 0.15) is 5.75 Å². The van der Waals surface area contributed by atoms with Crippen LogP contribution in [0.4, 0.5) is 0 Å². The molecule has 96 valence electrons. The van der Waals surface area contributed by atoms with Crippen LogP contribution < -0.4 is 15.3 Å². The lowest BCUT2D eigenvalue weighted by molar-refractivity contribution is -0.113. The molecule has 2 aromatic rings. The maximum atomic E-state index is 11.2. The predicted octanol–water partition coefficient (Wildman–Crippen LogP) is 1.94. The van der Waals surface area contributed by atoms with E-state index in [1.165, 1.54) is 0 Å². The molecule has 1 amide bonds. The predicted molar refractivity (Wildman–Crippen MR) is 70.8 cm³/mol. The molecule has 0 aromatic heterocycles. The fourth-order valence-corrected chi connectivity index (χ4v) is 1.29. The normalized spacial score (nSPS) is 10.8. The Kier molecular flexibility index (Phi) is 4.12. The molecule has 2 N–H and O–H groups in total. The molecule has 0 heterocycles. The van der Waals surface area contributed by atoms with E-state index in [1.54, 1.807) is 48.5 Å². The molecule has 0 radical (unpaired) electrons. The first-order chi connectivity index (χ1) is 9.25. The highest BCUT2D eigenvalue weighted by Gasteiger charge is 2.11. The number of primary amides is 1. The molecule has 0 unspecified atom stereocenters. The second-order valence-electron chi connectivity index (χ2n) is 3.58. The fraction of sp³-hybridized carbons (Fsp3) is 0. The van der Waals surface area contributed by atoms with Gasteiger partial charge in [-0.25, -0.2) is 0 Å². The molecule has 5 heteroatoms. The number of hydrogen-bond donors (Lipinski definition) is 1. The quantitative estimate of drug-likeness (QED) is 0.518. The SMILES string of the molecule is NC(=O)C(=NOc1ccccc1)Oc1ccccc1. The molecule has 0 bridgehead atoms. The van der Waals surface area contributed by atoms with Gasteiger partial charge in [0.25, 0.3) is 0 Å². The van der Waals surface area contributed by atoms with Gasteiger partial charge >= 0.3 is 11.8 Å². The number of para-hydroxylation sites is 2. The van der Waals surface area contributed by atoms with E-state index >= 15 is 0 Å². The van der Waals surface area contributed by atoms with Crippen LogP contribution in [0.3, 0.4) is 0 Å². The van der Waals surface area contributed by atoms with Gasteiger partial charge in [-0.3, -0.25) is 4.79 Å². The molecule has 2 aromatic carbocycles. The molecule has 0 aliphatic rings. The van der Waals surface area contributed by atoms with E-state index < -0.39 is 5.91 Å². The van der Waals surface area contributed by atoms with Crippen molar-refractivity contribution in [2.24, 2.45) is 10.9 Å². The summed E-state index contributed by atoms with van der Waals surface area (Å²) >= 11 is 0.